The Morgan fingerprint density at radius 1 is 1.37 bits per heavy atom. The molecule has 1 aromatic rings. The van der Waals surface area contributed by atoms with Crippen LogP contribution in [0.5, 0.6) is 0 Å². The minimum absolute atomic E-state index is 0.314. The summed E-state index contributed by atoms with van der Waals surface area (Å²) in [5.74, 6) is 0. The molecule has 0 saturated heterocycles. The lowest BCUT2D eigenvalue weighted by Gasteiger charge is -2.30. The van der Waals surface area contributed by atoms with E-state index >= 15 is 0 Å². The van der Waals surface area contributed by atoms with Crippen LogP contribution < -0.4 is 5.32 Å². The van der Waals surface area contributed by atoms with E-state index in [1.54, 1.807) is 6.07 Å². The van der Waals surface area contributed by atoms with Gasteiger partial charge >= 0.3 is 6.18 Å². The Balaban J connectivity index is 2.10. The molecule has 0 bridgehead atoms. The fourth-order valence-corrected chi connectivity index (χ4v) is 2.38. The number of likely N-dealkylation sites (N-methyl/N-ethyl adjacent to an activating group) is 1. The second-order valence-electron chi connectivity index (χ2n) is 5.10. The predicted molar refractivity (Wildman–Crippen MR) is 70.3 cm³/mol. The molecular formula is C14H19F3N2. The molecule has 5 heteroatoms. The van der Waals surface area contributed by atoms with Gasteiger partial charge in [-0.25, -0.2) is 0 Å². The summed E-state index contributed by atoms with van der Waals surface area (Å²) in [6.45, 7) is 3.97. The number of rotatable bonds is 3. The first-order chi connectivity index (χ1) is 8.90. The van der Waals surface area contributed by atoms with Crippen LogP contribution in [0.2, 0.25) is 0 Å². The number of fused-ring (bicyclic) bond motifs is 1. The lowest BCUT2D eigenvalue weighted by Crippen LogP contribution is -2.37. The Hall–Kier alpha value is -1.23. The van der Waals surface area contributed by atoms with Crippen LogP contribution in [0, 0.1) is 0 Å². The highest BCUT2D eigenvalue weighted by atomic mass is 19.4. The smallest absolute Gasteiger partial charge is 0.381 e. The first-order valence-electron chi connectivity index (χ1n) is 6.55. The Bertz CT molecular complexity index is 443. The first-order valence-corrected chi connectivity index (χ1v) is 6.55. The molecule has 1 heterocycles. The normalized spacial score (nSPS) is 19.2. The maximum Gasteiger partial charge on any atom is 0.416 e. The molecule has 1 aliphatic heterocycles. The van der Waals surface area contributed by atoms with E-state index in [1.807, 2.05) is 7.05 Å². The van der Waals surface area contributed by atoms with Gasteiger partial charge in [0.05, 0.1) is 5.56 Å². The summed E-state index contributed by atoms with van der Waals surface area (Å²) in [5, 5.41) is 3.33. The van der Waals surface area contributed by atoms with Gasteiger partial charge in [0.25, 0.3) is 0 Å². The quantitative estimate of drug-likeness (QED) is 0.907. The number of benzene rings is 1. The van der Waals surface area contributed by atoms with E-state index in [1.165, 1.54) is 6.07 Å². The minimum Gasteiger partial charge on any atom is -0.381 e. The van der Waals surface area contributed by atoms with E-state index in [0.29, 0.717) is 12.5 Å². The highest BCUT2D eigenvalue weighted by Crippen LogP contribution is 2.34. The van der Waals surface area contributed by atoms with Crippen LogP contribution in [0.3, 0.4) is 0 Å². The molecule has 1 N–H and O–H groups in total. The highest BCUT2D eigenvalue weighted by Gasteiger charge is 2.31. The van der Waals surface area contributed by atoms with Gasteiger partial charge in [0.15, 0.2) is 0 Å². The number of hydrogen-bond donors (Lipinski definition) is 1. The second kappa shape index (κ2) is 5.41. The third-order valence-electron chi connectivity index (χ3n) is 3.63. The van der Waals surface area contributed by atoms with E-state index in [4.69, 9.17) is 0 Å². The van der Waals surface area contributed by atoms with Gasteiger partial charge in [-0.2, -0.15) is 13.2 Å². The average molecular weight is 272 g/mol. The summed E-state index contributed by atoms with van der Waals surface area (Å²) >= 11 is 0. The van der Waals surface area contributed by atoms with Crippen LogP contribution in [0.25, 0.3) is 0 Å². The number of halogens is 3. The molecule has 19 heavy (non-hydrogen) atoms. The molecule has 0 radical (unpaired) electrons. The topological polar surface area (TPSA) is 15.3 Å². The molecule has 0 fully saturated rings. The van der Waals surface area contributed by atoms with Gasteiger partial charge in [-0.3, -0.25) is 0 Å². The van der Waals surface area contributed by atoms with Crippen molar-refractivity contribution in [3.05, 3.63) is 29.3 Å². The molecule has 106 valence electrons. The fraction of sp³-hybridized carbons (Fsp3) is 0.571. The molecule has 0 amide bonds. The monoisotopic (exact) mass is 272 g/mol. The van der Waals surface area contributed by atoms with Crippen molar-refractivity contribution in [2.75, 3.05) is 25.5 Å². The summed E-state index contributed by atoms with van der Waals surface area (Å²) in [7, 11) is 2.05. The van der Waals surface area contributed by atoms with Crippen LogP contribution >= 0.6 is 0 Å². The van der Waals surface area contributed by atoms with Crippen molar-refractivity contribution in [2.45, 2.75) is 32.0 Å². The van der Waals surface area contributed by atoms with Crippen LogP contribution in [0.4, 0.5) is 18.9 Å². The van der Waals surface area contributed by atoms with Gasteiger partial charge in [-0.1, -0.05) is 6.92 Å². The zero-order chi connectivity index (χ0) is 14.0. The van der Waals surface area contributed by atoms with Crippen molar-refractivity contribution < 1.29 is 13.2 Å². The predicted octanol–water partition coefficient (Wildman–Crippen LogP) is 3.38. The second-order valence-corrected chi connectivity index (χ2v) is 5.10. The Kier molecular flexibility index (Phi) is 4.04. The number of anilines is 1. The number of alkyl halides is 3. The zero-order valence-electron chi connectivity index (χ0n) is 11.2. The van der Waals surface area contributed by atoms with Gasteiger partial charge in [-0.05, 0) is 50.2 Å². The molecule has 1 atom stereocenters. The van der Waals surface area contributed by atoms with Gasteiger partial charge in [0.2, 0.25) is 0 Å². The van der Waals surface area contributed by atoms with Crippen molar-refractivity contribution in [1.82, 2.24) is 4.90 Å². The lowest BCUT2D eigenvalue weighted by molar-refractivity contribution is -0.137. The van der Waals surface area contributed by atoms with Crippen LogP contribution in [-0.4, -0.2) is 31.1 Å². The molecule has 1 aromatic carbocycles. The number of hydrogen-bond acceptors (Lipinski definition) is 2. The molecule has 1 aliphatic rings. The number of aryl methyl sites for hydroxylation is 1. The highest BCUT2D eigenvalue weighted by molar-refractivity contribution is 5.55. The van der Waals surface area contributed by atoms with Crippen molar-refractivity contribution in [3.63, 3.8) is 0 Å². The molecule has 0 saturated carbocycles. The third-order valence-corrected chi connectivity index (χ3v) is 3.63. The SMILES string of the molecule is CCN(C)C[C@H]1CCc2cc(C(F)(F)F)ccc2N1. The van der Waals surface area contributed by atoms with Crippen LogP contribution in [0.15, 0.2) is 18.2 Å². The van der Waals surface area contributed by atoms with Gasteiger partial charge in [-0.15, -0.1) is 0 Å². The van der Waals surface area contributed by atoms with Gasteiger partial charge in [0.1, 0.15) is 0 Å². The Labute approximate surface area is 111 Å². The van der Waals surface area contributed by atoms with E-state index in [0.717, 1.165) is 36.8 Å². The fourth-order valence-electron chi connectivity index (χ4n) is 2.38. The largest absolute Gasteiger partial charge is 0.416 e. The van der Waals surface area contributed by atoms with Crippen molar-refractivity contribution >= 4 is 5.69 Å². The third kappa shape index (κ3) is 3.41. The van der Waals surface area contributed by atoms with Crippen molar-refractivity contribution in [1.29, 1.82) is 0 Å². The average Bonchev–Trinajstić information content (AvgIpc) is 2.36. The molecule has 0 aromatic heterocycles. The summed E-state index contributed by atoms with van der Waals surface area (Å²) in [4.78, 5) is 2.20. The zero-order valence-corrected chi connectivity index (χ0v) is 11.2. The first kappa shape index (κ1) is 14.2. The summed E-state index contributed by atoms with van der Waals surface area (Å²) in [6, 6.07) is 4.28. The molecule has 0 aliphatic carbocycles. The van der Waals surface area contributed by atoms with E-state index in [-0.39, 0.29) is 0 Å². The van der Waals surface area contributed by atoms with Crippen LogP contribution in [0.1, 0.15) is 24.5 Å². The van der Waals surface area contributed by atoms with E-state index in [9.17, 15) is 13.2 Å². The number of nitrogens with one attached hydrogen (secondary N) is 1. The molecule has 2 rings (SSSR count). The summed E-state index contributed by atoms with van der Waals surface area (Å²) < 4.78 is 37.9. The Morgan fingerprint density at radius 2 is 2.11 bits per heavy atom. The summed E-state index contributed by atoms with van der Waals surface area (Å²) in [6.07, 6.45) is -2.68. The maximum absolute atomic E-state index is 12.6. The Morgan fingerprint density at radius 3 is 2.74 bits per heavy atom. The lowest BCUT2D eigenvalue weighted by atomic mass is 9.96. The molecule has 2 nitrogen and oxygen atoms in total. The molecular weight excluding hydrogens is 253 g/mol. The maximum atomic E-state index is 12.6. The summed E-state index contributed by atoms with van der Waals surface area (Å²) in [5.41, 5.74) is 1.05. The van der Waals surface area contributed by atoms with Crippen molar-refractivity contribution in [2.24, 2.45) is 0 Å². The van der Waals surface area contributed by atoms with Gasteiger partial charge < -0.3 is 10.2 Å². The van der Waals surface area contributed by atoms with E-state index in [2.05, 4.69) is 17.1 Å². The standard InChI is InChI=1S/C14H19F3N2/c1-3-19(2)9-12-6-4-10-8-11(14(15,16)17)5-7-13(10)18-12/h5,7-8,12,18H,3-4,6,9H2,1-2H3/t12-/m1/s1. The van der Waals surface area contributed by atoms with Gasteiger partial charge in [0, 0.05) is 18.3 Å². The van der Waals surface area contributed by atoms with Crippen LogP contribution in [-0.2, 0) is 12.6 Å². The van der Waals surface area contributed by atoms with E-state index < -0.39 is 11.7 Å². The number of nitrogens with zero attached hydrogens (tertiary/aromatic N) is 1. The molecule has 0 spiro atoms. The minimum atomic E-state index is -4.26. The van der Waals surface area contributed by atoms with Crippen molar-refractivity contribution in [3.8, 4) is 0 Å². The molecule has 0 unspecified atom stereocenters.